The van der Waals surface area contributed by atoms with Crippen molar-refractivity contribution >= 4 is 23.7 Å². The van der Waals surface area contributed by atoms with Crippen LogP contribution in [0.25, 0.3) is 0 Å². The van der Waals surface area contributed by atoms with Crippen molar-refractivity contribution in [2.45, 2.75) is 51.1 Å². The number of rotatable bonds is 8. The summed E-state index contributed by atoms with van der Waals surface area (Å²) in [5.41, 5.74) is 1.35. The highest BCUT2D eigenvalue weighted by Gasteiger charge is 2.39. The lowest BCUT2D eigenvalue weighted by Gasteiger charge is -2.29. The number of ether oxygens (including phenoxy) is 1. The molecular formula is C19H22N2O6. The Morgan fingerprint density at radius 1 is 1.22 bits per heavy atom. The maximum atomic E-state index is 12.7. The van der Waals surface area contributed by atoms with E-state index in [-0.39, 0.29) is 24.7 Å². The molecule has 1 saturated heterocycles. The van der Waals surface area contributed by atoms with Gasteiger partial charge in [-0.1, -0.05) is 6.07 Å². The minimum atomic E-state index is -0.798. The number of nitrogens with one attached hydrogen (secondary N) is 1. The molecule has 0 aromatic heterocycles. The minimum absolute atomic E-state index is 0.156. The highest BCUT2D eigenvalue weighted by Crippen LogP contribution is 2.30. The van der Waals surface area contributed by atoms with Crippen LogP contribution in [0, 0.1) is 0 Å². The Hall–Kier alpha value is -2.90. The van der Waals surface area contributed by atoms with Crippen LogP contribution in [0.5, 0.6) is 5.75 Å². The molecule has 0 saturated carbocycles. The molecule has 1 aromatic rings. The third kappa shape index (κ3) is 4.45. The Morgan fingerprint density at radius 2 is 2.04 bits per heavy atom. The van der Waals surface area contributed by atoms with E-state index in [0.29, 0.717) is 37.3 Å². The van der Waals surface area contributed by atoms with Gasteiger partial charge in [-0.25, -0.2) is 0 Å². The Kier molecular flexibility index (Phi) is 5.73. The maximum Gasteiger partial charge on any atom is 0.303 e. The van der Waals surface area contributed by atoms with Gasteiger partial charge in [-0.2, -0.15) is 0 Å². The van der Waals surface area contributed by atoms with E-state index < -0.39 is 17.9 Å². The Morgan fingerprint density at radius 3 is 2.78 bits per heavy atom. The molecule has 0 spiro atoms. The second kappa shape index (κ2) is 8.20. The number of carbonyl (C=O) groups is 4. The predicted octanol–water partition coefficient (Wildman–Crippen LogP) is 1.47. The van der Waals surface area contributed by atoms with E-state index in [2.05, 4.69) is 5.32 Å². The smallest absolute Gasteiger partial charge is 0.303 e. The van der Waals surface area contributed by atoms with Gasteiger partial charge in [-0.3, -0.25) is 24.5 Å². The number of hydrogen-bond acceptors (Lipinski definition) is 5. The molecule has 2 heterocycles. The van der Waals surface area contributed by atoms with Crippen molar-refractivity contribution in [2.24, 2.45) is 0 Å². The lowest BCUT2D eigenvalue weighted by atomic mass is 10.0. The molecule has 3 rings (SSSR count). The normalized spacial score (nSPS) is 19.0. The number of unbranched alkanes of at least 4 members (excludes halogenated alkanes) is 2. The van der Waals surface area contributed by atoms with Crippen molar-refractivity contribution in [1.29, 1.82) is 0 Å². The molecule has 2 aliphatic rings. The average Bonchev–Trinajstić information content (AvgIpc) is 2.94. The van der Waals surface area contributed by atoms with Gasteiger partial charge >= 0.3 is 5.97 Å². The summed E-state index contributed by atoms with van der Waals surface area (Å²) < 4.78 is 5.66. The third-order valence-corrected chi connectivity index (χ3v) is 4.80. The SMILES string of the molecule is O=C(O)CCCCCOc1ccc2c(c1)C(=O)N(C1CCC(=O)NC1=O)C2. The molecule has 1 fully saturated rings. The number of hydrogen-bond donors (Lipinski definition) is 2. The van der Waals surface area contributed by atoms with Crippen molar-refractivity contribution in [3.05, 3.63) is 29.3 Å². The largest absolute Gasteiger partial charge is 0.494 e. The van der Waals surface area contributed by atoms with Crippen LogP contribution in [-0.4, -0.2) is 46.3 Å². The number of nitrogens with zero attached hydrogens (tertiary/aromatic N) is 1. The zero-order chi connectivity index (χ0) is 19.4. The van der Waals surface area contributed by atoms with Gasteiger partial charge < -0.3 is 14.7 Å². The van der Waals surface area contributed by atoms with Crippen molar-refractivity contribution < 1.29 is 29.0 Å². The van der Waals surface area contributed by atoms with E-state index in [4.69, 9.17) is 9.84 Å². The lowest BCUT2D eigenvalue weighted by Crippen LogP contribution is -2.52. The van der Waals surface area contributed by atoms with Crippen LogP contribution >= 0.6 is 0 Å². The molecule has 0 aliphatic carbocycles. The predicted molar refractivity (Wildman–Crippen MR) is 94.1 cm³/mol. The van der Waals surface area contributed by atoms with Gasteiger partial charge in [0, 0.05) is 24.9 Å². The second-order valence-corrected chi connectivity index (χ2v) is 6.77. The lowest BCUT2D eigenvalue weighted by molar-refractivity contribution is -0.138. The van der Waals surface area contributed by atoms with Crippen LogP contribution in [0.2, 0.25) is 0 Å². The first kappa shape index (κ1) is 18.9. The fourth-order valence-electron chi connectivity index (χ4n) is 3.37. The number of imide groups is 1. The van der Waals surface area contributed by atoms with E-state index in [1.807, 2.05) is 6.07 Å². The number of piperidine rings is 1. The maximum absolute atomic E-state index is 12.7. The van der Waals surface area contributed by atoms with Crippen LogP contribution in [0.15, 0.2) is 18.2 Å². The summed E-state index contributed by atoms with van der Waals surface area (Å²) in [6.07, 6.45) is 2.84. The number of carboxylic acid groups (broad SMARTS) is 1. The second-order valence-electron chi connectivity index (χ2n) is 6.77. The number of carbonyl (C=O) groups excluding carboxylic acids is 3. The monoisotopic (exact) mass is 374 g/mol. The molecule has 3 amide bonds. The standard InChI is InChI=1S/C19H22N2O6/c22-16-8-7-15(18(25)20-16)21-11-12-5-6-13(10-14(12)19(21)26)27-9-3-1-2-4-17(23)24/h5-6,10,15H,1-4,7-9,11H2,(H,23,24)(H,20,22,25). The summed E-state index contributed by atoms with van der Waals surface area (Å²) in [5.74, 6) is -1.19. The van der Waals surface area contributed by atoms with Crippen LogP contribution in [0.3, 0.4) is 0 Å². The number of amides is 3. The van der Waals surface area contributed by atoms with Crippen LogP contribution in [0.1, 0.15) is 54.4 Å². The summed E-state index contributed by atoms with van der Waals surface area (Å²) in [6.45, 7) is 0.791. The highest BCUT2D eigenvalue weighted by atomic mass is 16.5. The Balaban J connectivity index is 1.55. The van der Waals surface area contributed by atoms with Crippen molar-refractivity contribution in [3.63, 3.8) is 0 Å². The fraction of sp³-hybridized carbons (Fsp3) is 0.474. The molecule has 144 valence electrons. The van der Waals surface area contributed by atoms with Gasteiger partial charge in [0.05, 0.1) is 6.61 Å². The van der Waals surface area contributed by atoms with E-state index in [1.54, 1.807) is 12.1 Å². The van der Waals surface area contributed by atoms with Crippen molar-refractivity contribution in [1.82, 2.24) is 10.2 Å². The summed E-state index contributed by atoms with van der Waals surface area (Å²) >= 11 is 0. The number of benzene rings is 1. The summed E-state index contributed by atoms with van der Waals surface area (Å²) in [7, 11) is 0. The summed E-state index contributed by atoms with van der Waals surface area (Å²) in [5, 5.41) is 10.9. The molecule has 8 heteroatoms. The van der Waals surface area contributed by atoms with Crippen molar-refractivity contribution in [3.8, 4) is 5.75 Å². The van der Waals surface area contributed by atoms with Gasteiger partial charge in [0.25, 0.3) is 5.91 Å². The topological polar surface area (TPSA) is 113 Å². The molecule has 0 bridgehead atoms. The molecule has 2 N–H and O–H groups in total. The number of carboxylic acids is 1. The van der Waals surface area contributed by atoms with Gasteiger partial charge in [-0.05, 0) is 43.4 Å². The fourth-order valence-corrected chi connectivity index (χ4v) is 3.37. The molecule has 8 nitrogen and oxygen atoms in total. The van der Waals surface area contributed by atoms with E-state index in [9.17, 15) is 19.2 Å². The zero-order valence-corrected chi connectivity index (χ0v) is 14.9. The molecule has 27 heavy (non-hydrogen) atoms. The molecule has 1 atom stereocenters. The molecule has 2 aliphatic heterocycles. The van der Waals surface area contributed by atoms with E-state index in [1.165, 1.54) is 4.90 Å². The Bertz CT molecular complexity index is 775. The third-order valence-electron chi connectivity index (χ3n) is 4.80. The van der Waals surface area contributed by atoms with Gasteiger partial charge in [-0.15, -0.1) is 0 Å². The average molecular weight is 374 g/mol. The number of aliphatic carboxylic acids is 1. The minimum Gasteiger partial charge on any atom is -0.494 e. The van der Waals surface area contributed by atoms with Gasteiger partial charge in [0.1, 0.15) is 11.8 Å². The molecular weight excluding hydrogens is 352 g/mol. The van der Waals surface area contributed by atoms with Gasteiger partial charge in [0.15, 0.2) is 0 Å². The molecule has 0 radical (unpaired) electrons. The highest BCUT2D eigenvalue weighted by molar-refractivity contribution is 6.05. The van der Waals surface area contributed by atoms with Crippen LogP contribution in [0.4, 0.5) is 0 Å². The Labute approximate surface area is 156 Å². The van der Waals surface area contributed by atoms with Crippen LogP contribution in [-0.2, 0) is 20.9 Å². The molecule has 1 aromatic carbocycles. The quantitative estimate of drug-likeness (QED) is 0.526. The summed E-state index contributed by atoms with van der Waals surface area (Å²) in [6, 6.07) is 4.66. The first-order valence-electron chi connectivity index (χ1n) is 9.08. The van der Waals surface area contributed by atoms with Crippen LogP contribution < -0.4 is 10.1 Å². The first-order valence-corrected chi connectivity index (χ1v) is 9.08. The first-order chi connectivity index (χ1) is 13.0. The van der Waals surface area contributed by atoms with E-state index in [0.717, 1.165) is 18.4 Å². The zero-order valence-electron chi connectivity index (χ0n) is 14.9. The number of fused-ring (bicyclic) bond motifs is 1. The van der Waals surface area contributed by atoms with E-state index >= 15 is 0 Å². The summed E-state index contributed by atoms with van der Waals surface area (Å²) in [4.78, 5) is 48.0. The van der Waals surface area contributed by atoms with Gasteiger partial charge in [0.2, 0.25) is 11.8 Å². The van der Waals surface area contributed by atoms with Crippen molar-refractivity contribution in [2.75, 3.05) is 6.61 Å². The molecule has 1 unspecified atom stereocenters.